The van der Waals surface area contributed by atoms with E-state index >= 15 is 0 Å². The van der Waals surface area contributed by atoms with Crippen molar-refractivity contribution in [2.45, 2.75) is 39.8 Å². The molecule has 0 saturated carbocycles. The van der Waals surface area contributed by atoms with Gasteiger partial charge in [0.05, 0.1) is 42.7 Å². The second-order valence-electron chi connectivity index (χ2n) is 12.3. The van der Waals surface area contributed by atoms with Crippen LogP contribution in [0, 0.1) is 17.3 Å². The first-order valence-electron chi connectivity index (χ1n) is 13.9. The van der Waals surface area contributed by atoms with Gasteiger partial charge < -0.3 is 18.6 Å². The zero-order valence-corrected chi connectivity index (χ0v) is 22.3. The van der Waals surface area contributed by atoms with Gasteiger partial charge in [-0.15, -0.1) is 0 Å². The van der Waals surface area contributed by atoms with Crippen LogP contribution < -0.4 is 10.5 Å². The summed E-state index contributed by atoms with van der Waals surface area (Å²) in [6, 6.07) is 6.33. The van der Waals surface area contributed by atoms with Crippen molar-refractivity contribution in [1.29, 1.82) is 0 Å². The molecule has 7 heterocycles. The summed E-state index contributed by atoms with van der Waals surface area (Å²) in [6.07, 6.45) is 12.2. The van der Waals surface area contributed by atoms with Gasteiger partial charge in [-0.1, -0.05) is 19.9 Å². The minimum atomic E-state index is -0.0228. The highest BCUT2D eigenvalue weighted by Gasteiger charge is 2.37. The highest BCUT2D eigenvalue weighted by Crippen LogP contribution is 2.35. The molecule has 198 valence electrons. The summed E-state index contributed by atoms with van der Waals surface area (Å²) in [5, 5.41) is 1.64. The Hall–Kier alpha value is -3.23. The van der Waals surface area contributed by atoms with E-state index in [-0.39, 0.29) is 5.56 Å². The molecule has 4 aromatic rings. The van der Waals surface area contributed by atoms with Crippen LogP contribution in [0.5, 0.6) is 0 Å². The van der Waals surface area contributed by atoms with E-state index in [0.717, 1.165) is 68.4 Å². The van der Waals surface area contributed by atoms with Gasteiger partial charge in [0.1, 0.15) is 5.65 Å². The van der Waals surface area contributed by atoms with Crippen LogP contribution in [0.25, 0.3) is 16.4 Å². The first-order chi connectivity index (χ1) is 18.4. The number of hydrogen-bond donors (Lipinski definition) is 0. The van der Waals surface area contributed by atoms with E-state index in [1.54, 1.807) is 10.8 Å². The van der Waals surface area contributed by atoms with Gasteiger partial charge in [-0.2, -0.15) is 0 Å². The lowest BCUT2D eigenvalue weighted by molar-refractivity contribution is 0.127. The number of imidazole rings is 1. The van der Waals surface area contributed by atoms with Crippen molar-refractivity contribution in [3.63, 3.8) is 0 Å². The zero-order chi connectivity index (χ0) is 25.9. The molecule has 0 radical (unpaired) electrons. The van der Waals surface area contributed by atoms with E-state index in [0.29, 0.717) is 29.2 Å². The Morgan fingerprint density at radius 3 is 2.55 bits per heavy atom. The maximum atomic E-state index is 13.5. The highest BCUT2D eigenvalue weighted by atomic mass is 16.5. The fraction of sp³-hybridized carbons (Fsp3) is 0.500. The lowest BCUT2D eigenvalue weighted by Crippen LogP contribution is -2.36. The molecule has 3 aliphatic rings. The van der Waals surface area contributed by atoms with Crippen LogP contribution in [0.1, 0.15) is 37.9 Å². The molecule has 2 unspecified atom stereocenters. The third-order valence-corrected chi connectivity index (χ3v) is 8.97. The second kappa shape index (κ2) is 9.20. The number of nitrogens with zero attached hydrogens (tertiary/aromatic N) is 6. The molecule has 2 atom stereocenters. The van der Waals surface area contributed by atoms with Gasteiger partial charge in [-0.3, -0.25) is 14.7 Å². The van der Waals surface area contributed by atoms with E-state index in [1.807, 2.05) is 12.4 Å². The number of piperidine rings is 1. The van der Waals surface area contributed by atoms with E-state index in [2.05, 4.69) is 63.6 Å². The van der Waals surface area contributed by atoms with E-state index in [9.17, 15) is 4.79 Å². The molecule has 8 nitrogen and oxygen atoms in total. The van der Waals surface area contributed by atoms with Crippen LogP contribution in [-0.4, -0.2) is 63.2 Å². The molecule has 7 rings (SSSR count). The average molecular weight is 513 g/mol. The minimum absolute atomic E-state index is 0.0228. The Labute approximate surface area is 222 Å². The highest BCUT2D eigenvalue weighted by molar-refractivity contribution is 5.92. The fourth-order valence-electron chi connectivity index (χ4n) is 6.46. The predicted molar refractivity (Wildman–Crippen MR) is 149 cm³/mol. The van der Waals surface area contributed by atoms with Gasteiger partial charge in [0.15, 0.2) is 0 Å². The normalized spacial score (nSPS) is 23.5. The molecule has 0 spiro atoms. The summed E-state index contributed by atoms with van der Waals surface area (Å²) in [5.41, 5.74) is 4.56. The first-order valence-corrected chi connectivity index (χ1v) is 13.9. The fourth-order valence-corrected chi connectivity index (χ4v) is 6.46. The smallest absolute Gasteiger partial charge is 0.260 e. The Kier molecular flexibility index (Phi) is 5.78. The third kappa shape index (κ3) is 4.39. The van der Waals surface area contributed by atoms with Crippen LogP contribution in [0.3, 0.4) is 0 Å². The van der Waals surface area contributed by atoms with Crippen molar-refractivity contribution in [3.8, 4) is 0 Å². The number of aromatic nitrogens is 4. The van der Waals surface area contributed by atoms with Gasteiger partial charge in [0.2, 0.25) is 0 Å². The lowest BCUT2D eigenvalue weighted by Gasteiger charge is -2.36. The van der Waals surface area contributed by atoms with Crippen molar-refractivity contribution in [2.24, 2.45) is 17.3 Å². The number of rotatable bonds is 5. The van der Waals surface area contributed by atoms with E-state index in [4.69, 9.17) is 9.72 Å². The molecule has 0 aromatic carbocycles. The summed E-state index contributed by atoms with van der Waals surface area (Å²) in [4.78, 5) is 27.7. The van der Waals surface area contributed by atoms with Crippen molar-refractivity contribution in [3.05, 3.63) is 70.8 Å². The Morgan fingerprint density at radius 2 is 1.76 bits per heavy atom. The SMILES string of the molecule is CC1(C)CCN(Cc2ccc3nc(Cn4ccc5c(N6CC7COCC7C6)cncc5c4=O)cn3c2)CC1. The summed E-state index contributed by atoms with van der Waals surface area (Å²) in [7, 11) is 0. The molecule has 8 heteroatoms. The molecule has 0 bridgehead atoms. The lowest BCUT2D eigenvalue weighted by atomic mass is 9.82. The van der Waals surface area contributed by atoms with Crippen LogP contribution in [-0.2, 0) is 17.8 Å². The zero-order valence-electron chi connectivity index (χ0n) is 22.3. The van der Waals surface area contributed by atoms with Crippen molar-refractivity contribution < 1.29 is 4.74 Å². The first kappa shape index (κ1) is 23.9. The quantitative estimate of drug-likeness (QED) is 0.405. The standard InChI is InChI=1S/C30H36N6O2/c1-30(2)6-9-33(10-7-30)13-21-3-4-28-32-24(18-36(28)14-21)17-34-8-5-25-26(29(34)37)11-31-12-27(25)35-15-22-19-38-20-23(22)16-35/h3-5,8,11-12,14,18,22-23H,6-7,9-10,13,15-17,19-20H2,1-2H3. The molecule has 3 aliphatic heterocycles. The maximum absolute atomic E-state index is 13.5. The molecule has 0 amide bonds. The molecule has 3 fully saturated rings. The van der Waals surface area contributed by atoms with Gasteiger partial charge in [0, 0.05) is 61.6 Å². The minimum Gasteiger partial charge on any atom is -0.381 e. The molecule has 38 heavy (non-hydrogen) atoms. The molecule has 4 aromatic heterocycles. The number of hydrogen-bond acceptors (Lipinski definition) is 6. The van der Waals surface area contributed by atoms with Crippen LogP contribution in [0.15, 0.2) is 54.0 Å². The summed E-state index contributed by atoms with van der Waals surface area (Å²) in [6.45, 7) is 12.0. The number of anilines is 1. The largest absolute Gasteiger partial charge is 0.381 e. The van der Waals surface area contributed by atoms with Crippen molar-refractivity contribution in [2.75, 3.05) is 44.3 Å². The van der Waals surface area contributed by atoms with Crippen molar-refractivity contribution >= 4 is 22.1 Å². The topological polar surface area (TPSA) is 67.9 Å². The summed E-state index contributed by atoms with van der Waals surface area (Å²) >= 11 is 0. The van der Waals surface area contributed by atoms with E-state index in [1.165, 1.54) is 18.4 Å². The molecule has 3 saturated heterocycles. The predicted octanol–water partition coefficient (Wildman–Crippen LogP) is 3.80. The maximum Gasteiger partial charge on any atom is 0.260 e. The van der Waals surface area contributed by atoms with Gasteiger partial charge in [0.25, 0.3) is 5.56 Å². The van der Waals surface area contributed by atoms with Gasteiger partial charge >= 0.3 is 0 Å². The summed E-state index contributed by atoms with van der Waals surface area (Å²) in [5.74, 6) is 1.15. The second-order valence-corrected chi connectivity index (χ2v) is 12.3. The molecular weight excluding hydrogens is 476 g/mol. The average Bonchev–Trinajstić information content (AvgIpc) is 3.61. The molecule has 0 aliphatic carbocycles. The van der Waals surface area contributed by atoms with Crippen LogP contribution in [0.2, 0.25) is 0 Å². The Bertz CT molecular complexity index is 1530. The summed E-state index contributed by atoms with van der Waals surface area (Å²) < 4.78 is 9.48. The van der Waals surface area contributed by atoms with Crippen LogP contribution >= 0.6 is 0 Å². The van der Waals surface area contributed by atoms with Crippen LogP contribution in [0.4, 0.5) is 5.69 Å². The molecule has 0 N–H and O–H groups in total. The molecular formula is C30H36N6O2. The Morgan fingerprint density at radius 1 is 0.974 bits per heavy atom. The number of ether oxygens (including phenoxy) is 1. The third-order valence-electron chi connectivity index (χ3n) is 8.97. The Balaban J connectivity index is 1.11. The number of pyridine rings is 3. The number of likely N-dealkylation sites (tertiary alicyclic amines) is 1. The van der Waals surface area contributed by atoms with Gasteiger partial charge in [-0.25, -0.2) is 4.98 Å². The van der Waals surface area contributed by atoms with Crippen molar-refractivity contribution in [1.82, 2.24) is 23.8 Å². The monoisotopic (exact) mass is 512 g/mol. The number of fused-ring (bicyclic) bond motifs is 3. The van der Waals surface area contributed by atoms with E-state index < -0.39 is 0 Å². The van der Waals surface area contributed by atoms with Gasteiger partial charge in [-0.05, 0) is 49.0 Å².